The van der Waals surface area contributed by atoms with Crippen LogP contribution in [0.15, 0.2) is 36.7 Å². The number of aliphatic hydroxyl groups excluding tert-OH is 3. The molecule has 0 saturated carbocycles. The zero-order chi connectivity index (χ0) is 35.2. The fourth-order valence-electron chi connectivity index (χ4n) is 4.93. The molecule has 5 heterocycles. The normalized spacial score (nSPS) is 31.9. The number of nitrogens with two attached hydrogens (primary N) is 2. The molecule has 10 atom stereocenters. The number of carbonyl (C=O) groups excluding carboxylic acids is 1. The van der Waals surface area contributed by atoms with Crippen molar-refractivity contribution in [2.45, 2.75) is 55.5 Å². The van der Waals surface area contributed by atoms with Gasteiger partial charge in [0.05, 0.1) is 19.5 Å². The molecular formula is C21H30N7O17P3. The van der Waals surface area contributed by atoms with Crippen molar-refractivity contribution in [3.05, 3.63) is 36.7 Å². The second-order valence-corrected chi connectivity index (χ2v) is 14.6. The highest BCUT2D eigenvalue weighted by atomic mass is 31.3. The topological polar surface area (TPSA) is 364 Å². The Morgan fingerprint density at radius 1 is 0.938 bits per heavy atom. The number of hydrogen-bond acceptors (Lipinski definition) is 18. The van der Waals surface area contributed by atoms with Crippen LogP contribution in [-0.2, 0) is 45.8 Å². The van der Waals surface area contributed by atoms with E-state index in [-0.39, 0.29) is 29.0 Å². The van der Waals surface area contributed by atoms with Crippen molar-refractivity contribution < 1.29 is 80.7 Å². The van der Waals surface area contributed by atoms with E-state index in [1.165, 1.54) is 23.4 Å². The highest BCUT2D eigenvalue weighted by Gasteiger charge is 2.51. The molecule has 11 N–H and O–H groups in total. The van der Waals surface area contributed by atoms with Crippen molar-refractivity contribution in [1.82, 2.24) is 24.4 Å². The number of allylic oxidation sites excluding steroid dienone is 1. The molecule has 5 rings (SSSR count). The van der Waals surface area contributed by atoms with E-state index >= 15 is 0 Å². The van der Waals surface area contributed by atoms with Crippen LogP contribution in [0.2, 0.25) is 0 Å². The summed E-state index contributed by atoms with van der Waals surface area (Å²) in [6, 6.07) is 0. The Hall–Kier alpha value is -2.73. The van der Waals surface area contributed by atoms with Gasteiger partial charge in [0.25, 0.3) is 0 Å². The molecule has 0 bridgehead atoms. The van der Waals surface area contributed by atoms with E-state index in [0.717, 1.165) is 17.2 Å². The number of ether oxygens (including phenoxy) is 2. The SMILES string of the molecule is NC(=O)C1=CN([C@@H]2O[C@H](COP(=O)(O)OP(=O)(O)OC[C@H]3O[C@@H](n4cnc5c(N)ncnc54)C(OP(=O)(O)O)C3O)C(O)C2O)C=CC1. The van der Waals surface area contributed by atoms with Crippen LogP contribution in [0.25, 0.3) is 11.2 Å². The number of anilines is 1. The fourth-order valence-corrected chi connectivity index (χ4v) is 7.57. The number of primary amides is 1. The van der Waals surface area contributed by atoms with Crippen molar-refractivity contribution in [3.8, 4) is 0 Å². The Balaban J connectivity index is 1.20. The summed E-state index contributed by atoms with van der Waals surface area (Å²) >= 11 is 0. The zero-order valence-electron chi connectivity index (χ0n) is 24.1. The predicted molar refractivity (Wildman–Crippen MR) is 153 cm³/mol. The predicted octanol–water partition coefficient (Wildman–Crippen LogP) is -2.57. The number of nitrogen functional groups attached to an aromatic ring is 1. The summed E-state index contributed by atoms with van der Waals surface area (Å²) in [6.07, 6.45) is -6.47. The number of hydrogen-bond donors (Lipinski definition) is 9. The molecule has 0 aliphatic carbocycles. The van der Waals surface area contributed by atoms with Crippen molar-refractivity contribution in [2.24, 2.45) is 5.73 Å². The second kappa shape index (κ2) is 13.9. The quantitative estimate of drug-likeness (QED) is 0.0951. The summed E-state index contributed by atoms with van der Waals surface area (Å²) in [5.41, 5.74) is 11.3. The summed E-state index contributed by atoms with van der Waals surface area (Å²) < 4.78 is 67.2. The van der Waals surface area contributed by atoms with Crippen LogP contribution in [-0.4, -0.2) is 121 Å². The van der Waals surface area contributed by atoms with Gasteiger partial charge in [-0.25, -0.2) is 28.6 Å². The molecule has 48 heavy (non-hydrogen) atoms. The van der Waals surface area contributed by atoms with Gasteiger partial charge in [-0.3, -0.25) is 22.9 Å². The van der Waals surface area contributed by atoms with Gasteiger partial charge >= 0.3 is 23.5 Å². The number of carbonyl (C=O) groups is 1. The number of nitrogens with zero attached hydrogens (tertiary/aromatic N) is 5. The third-order valence-corrected chi connectivity index (χ3v) is 10.2. The first-order chi connectivity index (χ1) is 22.4. The summed E-state index contributed by atoms with van der Waals surface area (Å²) in [7, 11) is -16.3. The third-order valence-electron chi connectivity index (χ3n) is 7.11. The first-order valence-corrected chi connectivity index (χ1v) is 18.0. The highest BCUT2D eigenvalue weighted by Crippen LogP contribution is 2.61. The van der Waals surface area contributed by atoms with Crippen molar-refractivity contribution in [3.63, 3.8) is 0 Å². The van der Waals surface area contributed by atoms with Gasteiger partial charge in [0.1, 0.15) is 48.5 Å². The van der Waals surface area contributed by atoms with Crippen LogP contribution in [0.5, 0.6) is 0 Å². The highest BCUT2D eigenvalue weighted by molar-refractivity contribution is 7.61. The lowest BCUT2D eigenvalue weighted by molar-refractivity contribution is -0.115. The molecule has 2 aromatic heterocycles. The van der Waals surface area contributed by atoms with Gasteiger partial charge in [0.2, 0.25) is 5.91 Å². The van der Waals surface area contributed by atoms with Crippen LogP contribution in [0.3, 0.4) is 0 Å². The minimum atomic E-state index is -5.52. The molecule has 0 radical (unpaired) electrons. The largest absolute Gasteiger partial charge is 0.481 e. The van der Waals surface area contributed by atoms with Gasteiger partial charge < -0.3 is 60.7 Å². The molecule has 24 nitrogen and oxygen atoms in total. The Morgan fingerprint density at radius 3 is 2.19 bits per heavy atom. The minimum absolute atomic E-state index is 0.00424. The summed E-state index contributed by atoms with van der Waals surface area (Å²) in [4.78, 5) is 63.4. The average molecular weight is 745 g/mol. The number of fused-ring (bicyclic) bond motifs is 1. The molecule has 3 aliphatic heterocycles. The fraction of sp³-hybridized carbons (Fsp3) is 0.524. The minimum Gasteiger partial charge on any atom is -0.387 e. The van der Waals surface area contributed by atoms with Gasteiger partial charge in [0.15, 0.2) is 23.9 Å². The van der Waals surface area contributed by atoms with E-state index in [1.54, 1.807) is 0 Å². The van der Waals surface area contributed by atoms with Crippen LogP contribution in [0.1, 0.15) is 12.6 Å². The smallest absolute Gasteiger partial charge is 0.387 e. The standard InChI is InChI=1S/C21H30N7O17P3/c22-17-12-19(25-7-24-17)28(8-26-12)21-16(44-46(33,34)35)14(30)11(43-21)6-41-48(38,39)45-47(36,37)40-5-10-13(29)15(31)20(42-10)27-3-1-2-9(4-27)18(23)32/h1,3-4,7-8,10-11,13-16,20-21,29-31H,2,5-6H2,(H2,23,32)(H,36,37)(H,38,39)(H2,22,24,25)(H2,33,34,35)/t10-,11-,13?,14?,15?,16?,20-,21-/m1/s1. The Morgan fingerprint density at radius 2 is 1.56 bits per heavy atom. The van der Waals surface area contributed by atoms with Gasteiger partial charge in [-0.1, -0.05) is 6.08 Å². The molecule has 27 heteroatoms. The van der Waals surface area contributed by atoms with Gasteiger partial charge in [0, 0.05) is 18.0 Å². The molecule has 266 valence electrons. The molecule has 1 amide bonds. The maximum atomic E-state index is 12.6. The molecule has 0 spiro atoms. The maximum absolute atomic E-state index is 12.6. The van der Waals surface area contributed by atoms with Gasteiger partial charge in [-0.05, 0) is 6.42 Å². The first kappa shape index (κ1) is 36.5. The zero-order valence-corrected chi connectivity index (χ0v) is 26.8. The molecule has 6 unspecified atom stereocenters. The number of aliphatic hydroxyl groups is 3. The Labute approximate surface area is 268 Å². The molecule has 2 fully saturated rings. The van der Waals surface area contributed by atoms with Crippen LogP contribution in [0, 0.1) is 0 Å². The van der Waals surface area contributed by atoms with Crippen molar-refractivity contribution in [1.29, 1.82) is 0 Å². The van der Waals surface area contributed by atoms with Crippen LogP contribution >= 0.6 is 23.5 Å². The summed E-state index contributed by atoms with van der Waals surface area (Å²) in [5.74, 6) is -0.791. The number of aromatic nitrogens is 4. The second-order valence-electron chi connectivity index (χ2n) is 10.4. The molecule has 3 aliphatic rings. The van der Waals surface area contributed by atoms with Gasteiger partial charge in [-0.2, -0.15) is 4.31 Å². The molecule has 0 aromatic carbocycles. The molecular weight excluding hydrogens is 715 g/mol. The lowest BCUT2D eigenvalue weighted by Gasteiger charge is -2.28. The van der Waals surface area contributed by atoms with E-state index < -0.39 is 91.7 Å². The monoisotopic (exact) mass is 745 g/mol. The Kier molecular flexibility index (Phi) is 10.6. The summed E-state index contributed by atoms with van der Waals surface area (Å²) in [6.45, 7) is -2.02. The number of amides is 1. The van der Waals surface area contributed by atoms with E-state index in [0.29, 0.717) is 0 Å². The lowest BCUT2D eigenvalue weighted by atomic mass is 10.1. The summed E-state index contributed by atoms with van der Waals surface area (Å²) in [5, 5.41) is 31.5. The maximum Gasteiger partial charge on any atom is 0.481 e. The molecule has 2 aromatic rings. The van der Waals surface area contributed by atoms with Crippen LogP contribution < -0.4 is 11.5 Å². The van der Waals surface area contributed by atoms with Gasteiger partial charge in [-0.15, -0.1) is 0 Å². The Bertz CT molecular complexity index is 1740. The third kappa shape index (κ3) is 8.17. The first-order valence-electron chi connectivity index (χ1n) is 13.5. The van der Waals surface area contributed by atoms with E-state index in [4.69, 9.17) is 30.0 Å². The van der Waals surface area contributed by atoms with E-state index in [2.05, 4.69) is 23.8 Å². The number of rotatable bonds is 13. The average Bonchev–Trinajstić information content (AvgIpc) is 3.64. The van der Waals surface area contributed by atoms with E-state index in [9.17, 15) is 53.4 Å². The van der Waals surface area contributed by atoms with Crippen molar-refractivity contribution >= 4 is 46.4 Å². The van der Waals surface area contributed by atoms with E-state index in [1.807, 2.05) is 0 Å². The number of phosphoric acid groups is 3. The van der Waals surface area contributed by atoms with Crippen LogP contribution in [0.4, 0.5) is 5.82 Å². The lowest BCUT2D eigenvalue weighted by Crippen LogP contribution is -2.40. The molecule has 2 saturated heterocycles. The van der Waals surface area contributed by atoms with Crippen molar-refractivity contribution in [2.75, 3.05) is 18.9 Å². The number of phosphoric ester groups is 3. The number of imidazole rings is 1.